The van der Waals surface area contributed by atoms with E-state index in [0.717, 1.165) is 0 Å². The summed E-state index contributed by atoms with van der Waals surface area (Å²) in [6.45, 7) is 0. The first-order valence-corrected chi connectivity index (χ1v) is 6.38. The van der Waals surface area contributed by atoms with Gasteiger partial charge in [-0.1, -0.05) is 0 Å². The van der Waals surface area contributed by atoms with E-state index in [2.05, 4.69) is 0 Å². The molecule has 0 aliphatic heterocycles. The van der Waals surface area contributed by atoms with Crippen LogP contribution >= 0.6 is 0 Å². The van der Waals surface area contributed by atoms with Gasteiger partial charge in [0.1, 0.15) is 0 Å². The summed E-state index contributed by atoms with van der Waals surface area (Å²) in [7, 11) is -12.7. The summed E-state index contributed by atoms with van der Waals surface area (Å²) in [5.41, 5.74) is 0. The minimum Gasteiger partial charge on any atom is -0.274 e. The number of hydrogen-bond donors (Lipinski definition) is 1. The Morgan fingerprint density at radius 3 is 1.40 bits per heavy atom. The van der Waals surface area contributed by atoms with Crippen LogP contribution in [0.1, 0.15) is 0 Å². The molecule has 0 aromatic heterocycles. The number of hydrogen-bond acceptors (Lipinski definition) is 4. The van der Waals surface area contributed by atoms with Crippen molar-refractivity contribution in [3.8, 4) is 0 Å². The third kappa shape index (κ3) is 2.98. The zero-order valence-electron chi connectivity index (χ0n) is 6.44. The summed E-state index contributed by atoms with van der Waals surface area (Å²) in [5, 5.41) is -4.46. The van der Waals surface area contributed by atoms with Crippen LogP contribution in [0.15, 0.2) is 0 Å². The molecule has 0 amide bonds. The van der Waals surface area contributed by atoms with E-state index >= 15 is 0 Å². The van der Waals surface area contributed by atoms with Crippen LogP contribution in [0.2, 0.25) is 0 Å². The molecule has 0 saturated carbocycles. The highest BCUT2D eigenvalue weighted by Gasteiger charge is 2.59. The standard InChI is InChI=1S/C3H3F5O5S2/c4-2(5)1(3(6,7)8)14(9,10)15(11,12)13/h1-2H,(H,11,12,13). The Balaban J connectivity index is 5.73. The Bertz CT molecular complexity index is 418. The van der Waals surface area contributed by atoms with Crippen LogP contribution in [-0.2, 0) is 18.0 Å². The van der Waals surface area contributed by atoms with E-state index in [0.29, 0.717) is 0 Å². The van der Waals surface area contributed by atoms with E-state index in [9.17, 15) is 38.8 Å². The number of alkyl halides is 5. The van der Waals surface area contributed by atoms with Crippen LogP contribution in [0.3, 0.4) is 0 Å². The molecule has 0 bridgehead atoms. The molecule has 0 aromatic carbocycles. The minimum atomic E-state index is -6.44. The highest BCUT2D eigenvalue weighted by Crippen LogP contribution is 2.32. The molecule has 0 fully saturated rings. The maximum atomic E-state index is 11.8. The van der Waals surface area contributed by atoms with Gasteiger partial charge in [0, 0.05) is 0 Å². The molecule has 0 rings (SSSR count). The quantitative estimate of drug-likeness (QED) is 0.458. The molecule has 0 spiro atoms. The van der Waals surface area contributed by atoms with Gasteiger partial charge < -0.3 is 0 Å². The summed E-state index contributed by atoms with van der Waals surface area (Å²) in [5.74, 6) is 0. The lowest BCUT2D eigenvalue weighted by atomic mass is 10.4. The summed E-state index contributed by atoms with van der Waals surface area (Å²) in [4.78, 5) is 0. The monoisotopic (exact) mass is 278 g/mol. The summed E-state index contributed by atoms with van der Waals surface area (Å²) in [6.07, 6.45) is -10.5. The fourth-order valence-electron chi connectivity index (χ4n) is 0.564. The molecule has 0 aromatic rings. The van der Waals surface area contributed by atoms with E-state index < -0.39 is 35.9 Å². The van der Waals surface area contributed by atoms with Crippen LogP contribution in [0, 0.1) is 0 Å². The molecule has 5 nitrogen and oxygen atoms in total. The predicted molar refractivity (Wildman–Crippen MR) is 36.3 cm³/mol. The van der Waals surface area contributed by atoms with Gasteiger partial charge in [-0.15, -0.1) is 0 Å². The van der Waals surface area contributed by atoms with Gasteiger partial charge in [-0.25, -0.2) is 17.2 Å². The lowest BCUT2D eigenvalue weighted by molar-refractivity contribution is -0.153. The highest BCUT2D eigenvalue weighted by atomic mass is 33.2. The average molecular weight is 278 g/mol. The van der Waals surface area contributed by atoms with Crippen molar-refractivity contribution in [3.05, 3.63) is 0 Å². The maximum absolute atomic E-state index is 11.8. The Hall–Kier alpha value is -0.490. The van der Waals surface area contributed by atoms with Gasteiger partial charge in [0.2, 0.25) is 5.25 Å². The molecule has 92 valence electrons. The molecule has 15 heavy (non-hydrogen) atoms. The van der Waals surface area contributed by atoms with Crippen molar-refractivity contribution in [2.75, 3.05) is 0 Å². The van der Waals surface area contributed by atoms with Crippen molar-refractivity contribution >= 4 is 18.0 Å². The van der Waals surface area contributed by atoms with Crippen molar-refractivity contribution in [2.45, 2.75) is 17.9 Å². The van der Waals surface area contributed by atoms with Crippen molar-refractivity contribution in [1.82, 2.24) is 0 Å². The minimum absolute atomic E-state index is 4.46. The molecule has 0 radical (unpaired) electrons. The normalized spacial score (nSPS) is 16.7. The number of rotatable bonds is 3. The van der Waals surface area contributed by atoms with E-state index in [1.54, 1.807) is 0 Å². The zero-order valence-corrected chi connectivity index (χ0v) is 8.07. The van der Waals surface area contributed by atoms with E-state index in [1.807, 2.05) is 0 Å². The second-order valence-corrected chi connectivity index (χ2v) is 7.22. The summed E-state index contributed by atoms with van der Waals surface area (Å²) >= 11 is 0. The van der Waals surface area contributed by atoms with Gasteiger partial charge in [-0.3, -0.25) is 4.55 Å². The summed E-state index contributed by atoms with van der Waals surface area (Å²) < 4.78 is 107. The number of halogens is 5. The van der Waals surface area contributed by atoms with Crippen LogP contribution in [0.25, 0.3) is 0 Å². The van der Waals surface area contributed by atoms with Crippen molar-refractivity contribution in [1.29, 1.82) is 0 Å². The third-order valence-corrected chi connectivity index (χ3v) is 5.22. The van der Waals surface area contributed by atoms with Crippen LogP contribution < -0.4 is 0 Å². The molecule has 0 saturated heterocycles. The van der Waals surface area contributed by atoms with Gasteiger partial charge in [0.15, 0.2) is 0 Å². The highest BCUT2D eigenvalue weighted by molar-refractivity contribution is 8.65. The smallest absolute Gasteiger partial charge is 0.274 e. The lowest BCUT2D eigenvalue weighted by Crippen LogP contribution is -2.45. The topological polar surface area (TPSA) is 88.5 Å². The summed E-state index contributed by atoms with van der Waals surface area (Å²) in [6, 6.07) is 0. The van der Waals surface area contributed by atoms with Crippen LogP contribution in [0.4, 0.5) is 22.0 Å². The Kier molecular flexibility index (Phi) is 3.70. The largest absolute Gasteiger partial charge is 0.412 e. The van der Waals surface area contributed by atoms with E-state index in [1.165, 1.54) is 0 Å². The molecule has 1 N–H and O–H groups in total. The molecule has 0 aliphatic rings. The Morgan fingerprint density at radius 1 is 1.00 bits per heavy atom. The molecule has 0 heterocycles. The first-order valence-electron chi connectivity index (χ1n) is 2.88. The fraction of sp³-hybridized carbons (Fsp3) is 1.00. The SMILES string of the molecule is O=S(=O)(O)S(=O)(=O)C(C(F)F)C(F)(F)F. The molecular formula is C3H3F5O5S2. The van der Waals surface area contributed by atoms with Gasteiger partial charge in [0.05, 0.1) is 0 Å². The van der Waals surface area contributed by atoms with Crippen molar-refractivity contribution < 1.29 is 43.3 Å². The second kappa shape index (κ2) is 3.83. The van der Waals surface area contributed by atoms with Crippen LogP contribution in [0.5, 0.6) is 0 Å². The fourth-order valence-corrected chi connectivity index (χ4v) is 2.77. The van der Waals surface area contributed by atoms with Gasteiger partial charge >= 0.3 is 15.3 Å². The molecule has 1 unspecified atom stereocenters. The average Bonchev–Trinajstić information content (AvgIpc) is 1.76. The Labute approximate surface area is 80.0 Å². The predicted octanol–water partition coefficient (Wildman–Crippen LogP) is 0.400. The third-order valence-electron chi connectivity index (χ3n) is 1.16. The van der Waals surface area contributed by atoms with E-state index in [4.69, 9.17) is 4.55 Å². The van der Waals surface area contributed by atoms with Gasteiger partial charge in [0.25, 0.3) is 15.3 Å². The first kappa shape index (κ1) is 14.5. The molecule has 1 atom stereocenters. The first-order chi connectivity index (χ1) is 6.32. The van der Waals surface area contributed by atoms with Crippen LogP contribution in [-0.4, -0.2) is 39.2 Å². The van der Waals surface area contributed by atoms with Gasteiger partial charge in [-0.05, 0) is 0 Å². The van der Waals surface area contributed by atoms with Crippen molar-refractivity contribution in [2.24, 2.45) is 0 Å². The zero-order chi connectivity index (χ0) is 12.7. The molecule has 0 aliphatic carbocycles. The maximum Gasteiger partial charge on any atom is 0.412 e. The molecule has 12 heteroatoms. The van der Waals surface area contributed by atoms with E-state index in [-0.39, 0.29) is 0 Å². The van der Waals surface area contributed by atoms with Crippen molar-refractivity contribution in [3.63, 3.8) is 0 Å². The lowest BCUT2D eigenvalue weighted by Gasteiger charge is -2.17. The second-order valence-electron chi connectivity index (χ2n) is 2.22. The molecular weight excluding hydrogens is 275 g/mol. The van der Waals surface area contributed by atoms with Gasteiger partial charge in [-0.2, -0.15) is 21.6 Å². The Morgan fingerprint density at radius 2 is 1.33 bits per heavy atom.